The van der Waals surface area contributed by atoms with Gasteiger partial charge in [0.1, 0.15) is 5.60 Å². The van der Waals surface area contributed by atoms with Gasteiger partial charge in [-0.2, -0.15) is 5.10 Å². The molecule has 1 aromatic heterocycles. The summed E-state index contributed by atoms with van der Waals surface area (Å²) in [5.41, 5.74) is 0.255. The molecule has 0 spiro atoms. The molecule has 0 bridgehead atoms. The highest BCUT2D eigenvalue weighted by molar-refractivity contribution is 9.10. The van der Waals surface area contributed by atoms with Crippen LogP contribution in [0.15, 0.2) is 10.7 Å². The molecular weight excluding hydrogens is 256 g/mol. The Kier molecular flexibility index (Phi) is 3.16. The van der Waals surface area contributed by atoms with Gasteiger partial charge < -0.3 is 5.11 Å². The van der Waals surface area contributed by atoms with E-state index < -0.39 is 5.60 Å². The lowest BCUT2D eigenvalue weighted by molar-refractivity contribution is 0.0121. The van der Waals surface area contributed by atoms with Gasteiger partial charge in [0.05, 0.1) is 16.4 Å². The second-order valence-corrected chi connectivity index (χ2v) is 5.26. The first-order valence-electron chi connectivity index (χ1n) is 5.54. The topological polar surface area (TPSA) is 38.0 Å². The Morgan fingerprint density at radius 2 is 1.93 bits per heavy atom. The lowest BCUT2D eigenvalue weighted by Crippen LogP contribution is -2.28. The summed E-state index contributed by atoms with van der Waals surface area (Å²) in [4.78, 5) is 0. The molecule has 2 rings (SSSR count). The number of halogens is 1. The quantitative estimate of drug-likeness (QED) is 0.799. The molecule has 1 saturated carbocycles. The molecule has 0 saturated heterocycles. The summed E-state index contributed by atoms with van der Waals surface area (Å²) in [7, 11) is 1.89. The average molecular weight is 273 g/mol. The fraction of sp³-hybridized carbons (Fsp3) is 0.727. The van der Waals surface area contributed by atoms with Gasteiger partial charge in [-0.05, 0) is 28.8 Å². The Morgan fingerprint density at radius 1 is 1.33 bits per heavy atom. The van der Waals surface area contributed by atoms with Gasteiger partial charge in [-0.25, -0.2) is 0 Å². The van der Waals surface area contributed by atoms with E-state index >= 15 is 0 Å². The molecule has 4 heteroatoms. The lowest BCUT2D eigenvalue weighted by atomic mass is 9.91. The molecule has 1 N–H and O–H groups in total. The van der Waals surface area contributed by atoms with Crippen LogP contribution in [0.1, 0.15) is 44.2 Å². The summed E-state index contributed by atoms with van der Waals surface area (Å²) < 4.78 is 2.71. The molecule has 0 radical (unpaired) electrons. The fourth-order valence-electron chi connectivity index (χ4n) is 2.48. The zero-order valence-electron chi connectivity index (χ0n) is 9.04. The first-order chi connectivity index (χ1) is 7.13. The van der Waals surface area contributed by atoms with Gasteiger partial charge in [-0.1, -0.05) is 25.7 Å². The van der Waals surface area contributed by atoms with E-state index in [0.29, 0.717) is 0 Å². The van der Waals surface area contributed by atoms with Crippen molar-refractivity contribution < 1.29 is 5.11 Å². The molecule has 1 heterocycles. The van der Waals surface area contributed by atoms with Crippen molar-refractivity contribution in [2.45, 2.75) is 44.1 Å². The number of hydrogen-bond acceptors (Lipinski definition) is 2. The van der Waals surface area contributed by atoms with E-state index in [2.05, 4.69) is 21.0 Å². The standard InChI is InChI=1S/C11H17BrN2O/c1-14-10(9(12)8-13-14)11(15)6-4-2-3-5-7-11/h8,15H,2-7H2,1H3. The van der Waals surface area contributed by atoms with E-state index in [9.17, 15) is 5.11 Å². The number of nitrogens with zero attached hydrogens (tertiary/aromatic N) is 2. The van der Waals surface area contributed by atoms with Gasteiger partial charge in [-0.15, -0.1) is 0 Å². The van der Waals surface area contributed by atoms with Gasteiger partial charge >= 0.3 is 0 Å². The molecule has 1 aromatic rings. The van der Waals surface area contributed by atoms with Crippen LogP contribution in [0.25, 0.3) is 0 Å². The average Bonchev–Trinajstić information content (AvgIpc) is 2.40. The summed E-state index contributed by atoms with van der Waals surface area (Å²) in [6, 6.07) is 0. The molecule has 1 fully saturated rings. The molecule has 15 heavy (non-hydrogen) atoms. The van der Waals surface area contributed by atoms with E-state index in [1.54, 1.807) is 10.9 Å². The van der Waals surface area contributed by atoms with Crippen LogP contribution in [0.2, 0.25) is 0 Å². The van der Waals surface area contributed by atoms with Crippen molar-refractivity contribution in [3.05, 3.63) is 16.4 Å². The molecule has 0 unspecified atom stereocenters. The van der Waals surface area contributed by atoms with Crippen molar-refractivity contribution in [2.75, 3.05) is 0 Å². The third-order valence-corrected chi connectivity index (χ3v) is 3.85. The van der Waals surface area contributed by atoms with Crippen LogP contribution < -0.4 is 0 Å². The first-order valence-corrected chi connectivity index (χ1v) is 6.33. The maximum Gasteiger partial charge on any atom is 0.107 e. The van der Waals surface area contributed by atoms with Crippen molar-refractivity contribution in [1.29, 1.82) is 0 Å². The van der Waals surface area contributed by atoms with E-state index in [4.69, 9.17) is 0 Å². The lowest BCUT2D eigenvalue weighted by Gasteiger charge is -2.27. The Bertz CT molecular complexity index is 321. The molecule has 3 nitrogen and oxygen atoms in total. The van der Waals surface area contributed by atoms with Crippen molar-refractivity contribution >= 4 is 15.9 Å². The number of aromatic nitrogens is 2. The van der Waals surface area contributed by atoms with Crippen molar-refractivity contribution in [1.82, 2.24) is 9.78 Å². The summed E-state index contributed by atoms with van der Waals surface area (Å²) in [5.74, 6) is 0. The van der Waals surface area contributed by atoms with Gasteiger partial charge in [0.2, 0.25) is 0 Å². The number of aryl methyl sites for hydroxylation is 1. The Hall–Kier alpha value is -0.350. The predicted molar refractivity (Wildman–Crippen MR) is 62.5 cm³/mol. The number of hydrogen-bond donors (Lipinski definition) is 1. The highest BCUT2D eigenvalue weighted by Crippen LogP contribution is 2.38. The molecule has 84 valence electrons. The van der Waals surface area contributed by atoms with E-state index in [1.165, 1.54) is 12.8 Å². The molecule has 1 aliphatic rings. The second-order valence-electron chi connectivity index (χ2n) is 4.41. The minimum atomic E-state index is -0.680. The minimum Gasteiger partial charge on any atom is -0.384 e. The number of aliphatic hydroxyl groups is 1. The maximum absolute atomic E-state index is 10.7. The van der Waals surface area contributed by atoms with Gasteiger partial charge in [-0.3, -0.25) is 4.68 Å². The van der Waals surface area contributed by atoms with Crippen LogP contribution in [0.3, 0.4) is 0 Å². The summed E-state index contributed by atoms with van der Waals surface area (Å²) >= 11 is 3.47. The monoisotopic (exact) mass is 272 g/mol. The SMILES string of the molecule is Cn1ncc(Br)c1C1(O)CCCCCC1. The van der Waals surface area contributed by atoms with E-state index in [0.717, 1.165) is 35.8 Å². The fourth-order valence-corrected chi connectivity index (χ4v) is 3.20. The van der Waals surface area contributed by atoms with Crippen molar-refractivity contribution in [3.8, 4) is 0 Å². The molecule has 1 aliphatic carbocycles. The van der Waals surface area contributed by atoms with Crippen LogP contribution in [0.4, 0.5) is 0 Å². The van der Waals surface area contributed by atoms with Crippen LogP contribution in [0.5, 0.6) is 0 Å². The normalized spacial score (nSPS) is 21.3. The summed E-state index contributed by atoms with van der Waals surface area (Å²) in [6.07, 6.45) is 8.15. The highest BCUT2D eigenvalue weighted by atomic mass is 79.9. The summed E-state index contributed by atoms with van der Waals surface area (Å²) in [6.45, 7) is 0. The molecule has 0 aromatic carbocycles. The zero-order valence-corrected chi connectivity index (χ0v) is 10.6. The van der Waals surface area contributed by atoms with E-state index in [1.807, 2.05) is 7.05 Å². The summed E-state index contributed by atoms with van der Waals surface area (Å²) in [5, 5.41) is 14.9. The molecule has 0 aliphatic heterocycles. The van der Waals surface area contributed by atoms with Gasteiger partial charge in [0.15, 0.2) is 0 Å². The Labute approximate surface area is 98.6 Å². The molecular formula is C11H17BrN2O. The third kappa shape index (κ3) is 2.11. The van der Waals surface area contributed by atoms with Gasteiger partial charge in [0, 0.05) is 7.05 Å². The largest absolute Gasteiger partial charge is 0.384 e. The highest BCUT2D eigenvalue weighted by Gasteiger charge is 2.34. The maximum atomic E-state index is 10.7. The predicted octanol–water partition coefficient (Wildman–Crippen LogP) is 2.72. The first kappa shape index (κ1) is 11.1. The van der Waals surface area contributed by atoms with Gasteiger partial charge in [0.25, 0.3) is 0 Å². The van der Waals surface area contributed by atoms with Crippen LogP contribution in [-0.2, 0) is 12.6 Å². The Balaban J connectivity index is 2.34. The molecule has 0 atom stereocenters. The smallest absolute Gasteiger partial charge is 0.107 e. The van der Waals surface area contributed by atoms with Crippen molar-refractivity contribution in [3.63, 3.8) is 0 Å². The zero-order chi connectivity index (χ0) is 10.9. The van der Waals surface area contributed by atoms with Crippen molar-refractivity contribution in [2.24, 2.45) is 7.05 Å². The molecule has 0 amide bonds. The van der Waals surface area contributed by atoms with Crippen LogP contribution in [-0.4, -0.2) is 14.9 Å². The van der Waals surface area contributed by atoms with Crippen LogP contribution >= 0.6 is 15.9 Å². The number of rotatable bonds is 1. The third-order valence-electron chi connectivity index (χ3n) is 3.27. The Morgan fingerprint density at radius 3 is 2.40 bits per heavy atom. The second kappa shape index (κ2) is 4.26. The minimum absolute atomic E-state index is 0.680. The van der Waals surface area contributed by atoms with Crippen LogP contribution in [0, 0.1) is 0 Å². The van der Waals surface area contributed by atoms with E-state index in [-0.39, 0.29) is 0 Å².